The minimum Gasteiger partial charge on any atom is -0.339 e. The van der Waals surface area contributed by atoms with Crippen LogP contribution >= 0.6 is 0 Å². The normalized spacial score (nSPS) is 15.0. The van der Waals surface area contributed by atoms with Crippen molar-refractivity contribution < 1.29 is 8.76 Å². The Balaban J connectivity index is 2.59. The number of nitrogens with one attached hydrogen (secondary N) is 3. The second kappa shape index (κ2) is 3.25. The first-order valence-corrected chi connectivity index (χ1v) is 6.08. The summed E-state index contributed by atoms with van der Waals surface area (Å²) in [7, 11) is -3.63. The van der Waals surface area contributed by atoms with Crippen LogP contribution in [0.4, 0.5) is 5.95 Å². The SMILES string of the molecule is O=c1[nH]c(NS(=O)(O)=S)nc2nc[nH]c12. The Kier molecular flexibility index (Phi) is 2.17. The molecule has 0 saturated heterocycles. The van der Waals surface area contributed by atoms with E-state index in [0.717, 1.165) is 0 Å². The van der Waals surface area contributed by atoms with E-state index in [2.05, 4.69) is 31.1 Å². The molecular formula is C5H5N5O3S2. The molecule has 2 heterocycles. The molecule has 8 nitrogen and oxygen atoms in total. The lowest BCUT2D eigenvalue weighted by molar-refractivity contribution is 0.567. The van der Waals surface area contributed by atoms with E-state index >= 15 is 0 Å². The van der Waals surface area contributed by atoms with Crippen LogP contribution in [0.3, 0.4) is 0 Å². The molecule has 0 saturated carbocycles. The van der Waals surface area contributed by atoms with Crippen LogP contribution in [0.2, 0.25) is 0 Å². The number of hydrogen-bond donors (Lipinski definition) is 4. The van der Waals surface area contributed by atoms with E-state index in [0.29, 0.717) is 0 Å². The molecule has 0 aromatic carbocycles. The molecule has 0 spiro atoms. The highest BCUT2D eigenvalue weighted by Gasteiger charge is 2.07. The van der Waals surface area contributed by atoms with Crippen LogP contribution in [-0.4, -0.2) is 28.7 Å². The van der Waals surface area contributed by atoms with Gasteiger partial charge < -0.3 is 4.98 Å². The number of hydrogen-bond acceptors (Lipinski definition) is 5. The predicted octanol–water partition coefficient (Wildman–Crippen LogP) is -0.808. The van der Waals surface area contributed by atoms with Gasteiger partial charge in [0, 0.05) is 11.2 Å². The zero-order chi connectivity index (χ0) is 11.1. The van der Waals surface area contributed by atoms with Crippen molar-refractivity contribution in [2.24, 2.45) is 0 Å². The first-order valence-electron chi connectivity index (χ1n) is 3.64. The molecular weight excluding hydrogens is 242 g/mol. The summed E-state index contributed by atoms with van der Waals surface area (Å²) in [5, 5.41) is 0. The Morgan fingerprint density at radius 3 is 3.00 bits per heavy atom. The van der Waals surface area contributed by atoms with Gasteiger partial charge in [-0.3, -0.25) is 19.1 Å². The van der Waals surface area contributed by atoms with Gasteiger partial charge >= 0.3 is 0 Å². The number of aromatic nitrogens is 4. The molecule has 1 unspecified atom stereocenters. The Bertz CT molecular complexity index is 657. The summed E-state index contributed by atoms with van der Waals surface area (Å²) in [4.78, 5) is 23.6. The molecule has 0 aliphatic rings. The Labute approximate surface area is 87.8 Å². The maximum Gasteiger partial charge on any atom is 0.278 e. The zero-order valence-corrected chi connectivity index (χ0v) is 8.68. The van der Waals surface area contributed by atoms with E-state index in [1.807, 2.05) is 4.72 Å². The van der Waals surface area contributed by atoms with Crippen molar-refractivity contribution in [3.05, 3.63) is 16.7 Å². The van der Waals surface area contributed by atoms with E-state index < -0.39 is 14.5 Å². The summed E-state index contributed by atoms with van der Waals surface area (Å²) >= 11 is 4.19. The topological polar surface area (TPSA) is 124 Å². The van der Waals surface area contributed by atoms with Gasteiger partial charge in [-0.15, -0.1) is 0 Å². The van der Waals surface area contributed by atoms with E-state index in [-0.39, 0.29) is 17.1 Å². The van der Waals surface area contributed by atoms with Crippen molar-refractivity contribution >= 4 is 37.3 Å². The van der Waals surface area contributed by atoms with Crippen LogP contribution in [0.15, 0.2) is 11.1 Å². The molecule has 2 aromatic heterocycles. The van der Waals surface area contributed by atoms with Crippen LogP contribution < -0.4 is 10.3 Å². The smallest absolute Gasteiger partial charge is 0.278 e. The average Bonchev–Trinajstić information content (AvgIpc) is 2.48. The van der Waals surface area contributed by atoms with Crippen LogP contribution in [0.5, 0.6) is 0 Å². The summed E-state index contributed by atoms with van der Waals surface area (Å²) in [6, 6.07) is 0. The molecule has 0 amide bonds. The first kappa shape index (κ1) is 10.0. The number of fused-ring (bicyclic) bond motifs is 1. The lowest BCUT2D eigenvalue weighted by atomic mass is 10.5. The Morgan fingerprint density at radius 2 is 2.33 bits per heavy atom. The fourth-order valence-corrected chi connectivity index (χ4v) is 1.59. The largest absolute Gasteiger partial charge is 0.339 e. The number of imidazole rings is 1. The van der Waals surface area contributed by atoms with Crippen LogP contribution in [0.25, 0.3) is 11.2 Å². The molecule has 0 fully saturated rings. The van der Waals surface area contributed by atoms with Gasteiger partial charge in [-0.05, 0) is 0 Å². The number of anilines is 1. The Hall–Kier alpha value is -1.52. The van der Waals surface area contributed by atoms with Gasteiger partial charge in [-0.2, -0.15) is 4.98 Å². The number of aromatic amines is 2. The molecule has 0 bridgehead atoms. The minimum absolute atomic E-state index is 0.139. The van der Waals surface area contributed by atoms with Gasteiger partial charge in [-0.25, -0.2) is 9.19 Å². The van der Waals surface area contributed by atoms with E-state index in [9.17, 15) is 9.00 Å². The molecule has 80 valence electrons. The summed E-state index contributed by atoms with van der Waals surface area (Å²) in [5.41, 5.74) is -0.173. The van der Waals surface area contributed by atoms with Gasteiger partial charge in [-0.1, -0.05) is 0 Å². The molecule has 2 aromatic rings. The molecule has 0 aliphatic carbocycles. The highest BCUT2D eigenvalue weighted by Crippen LogP contribution is 2.03. The highest BCUT2D eigenvalue weighted by molar-refractivity contribution is 8.30. The third-order valence-corrected chi connectivity index (χ3v) is 2.22. The summed E-state index contributed by atoms with van der Waals surface area (Å²) < 4.78 is 21.6. The van der Waals surface area contributed by atoms with Crippen LogP contribution in [0, 0.1) is 0 Å². The standard InChI is InChI=1S/C5H5N5O3S2/c11-4-2-3(7-1-6-2)8-5(9-4)10-15(12,13)14/h1H,(H,12,13,14)(H3,6,7,8,9,10,11). The van der Waals surface area contributed by atoms with Crippen molar-refractivity contribution in [2.45, 2.75) is 0 Å². The molecule has 0 radical (unpaired) electrons. The van der Waals surface area contributed by atoms with Gasteiger partial charge in [0.2, 0.25) is 14.9 Å². The number of rotatable bonds is 2. The average molecular weight is 247 g/mol. The molecule has 15 heavy (non-hydrogen) atoms. The second-order valence-electron chi connectivity index (χ2n) is 2.59. The minimum atomic E-state index is -3.63. The highest BCUT2D eigenvalue weighted by atomic mass is 32.8. The van der Waals surface area contributed by atoms with E-state index in [1.54, 1.807) is 0 Å². The fraction of sp³-hybridized carbons (Fsp3) is 0. The molecule has 0 aliphatic heterocycles. The van der Waals surface area contributed by atoms with Crippen LogP contribution in [0.1, 0.15) is 0 Å². The summed E-state index contributed by atoms with van der Waals surface area (Å²) in [6.45, 7) is 0. The van der Waals surface area contributed by atoms with Crippen molar-refractivity contribution in [3.8, 4) is 0 Å². The van der Waals surface area contributed by atoms with E-state index in [4.69, 9.17) is 4.55 Å². The maximum atomic E-state index is 11.3. The number of nitrogens with zero attached hydrogens (tertiary/aromatic N) is 2. The second-order valence-corrected chi connectivity index (χ2v) is 5.10. The molecule has 4 N–H and O–H groups in total. The lowest BCUT2D eigenvalue weighted by Gasteiger charge is -2.01. The summed E-state index contributed by atoms with van der Waals surface area (Å²) in [6.07, 6.45) is 1.29. The quantitative estimate of drug-likeness (QED) is 0.550. The third kappa shape index (κ3) is 2.11. The van der Waals surface area contributed by atoms with Gasteiger partial charge in [0.1, 0.15) is 0 Å². The third-order valence-electron chi connectivity index (χ3n) is 1.52. The van der Waals surface area contributed by atoms with Crippen molar-refractivity contribution in [1.29, 1.82) is 0 Å². The molecule has 10 heteroatoms. The molecule has 1 atom stereocenters. The predicted molar refractivity (Wildman–Crippen MR) is 56.3 cm³/mol. The molecule has 2 rings (SSSR count). The van der Waals surface area contributed by atoms with E-state index in [1.165, 1.54) is 6.33 Å². The van der Waals surface area contributed by atoms with Gasteiger partial charge in [0.25, 0.3) is 5.56 Å². The number of H-pyrrole nitrogens is 2. The fourth-order valence-electron chi connectivity index (χ4n) is 1.01. The van der Waals surface area contributed by atoms with Crippen molar-refractivity contribution in [3.63, 3.8) is 0 Å². The Morgan fingerprint density at radius 1 is 1.60 bits per heavy atom. The van der Waals surface area contributed by atoms with Crippen molar-refractivity contribution in [2.75, 3.05) is 4.72 Å². The van der Waals surface area contributed by atoms with Gasteiger partial charge in [0.15, 0.2) is 11.2 Å². The maximum absolute atomic E-state index is 11.3. The first-order chi connectivity index (χ1) is 6.96. The monoisotopic (exact) mass is 247 g/mol. The van der Waals surface area contributed by atoms with Crippen LogP contribution in [-0.2, 0) is 20.1 Å². The van der Waals surface area contributed by atoms with Crippen molar-refractivity contribution in [1.82, 2.24) is 19.9 Å². The zero-order valence-electron chi connectivity index (χ0n) is 7.05. The van der Waals surface area contributed by atoms with Gasteiger partial charge in [0.05, 0.1) is 6.33 Å². The lowest BCUT2D eigenvalue weighted by Crippen LogP contribution is -2.17. The summed E-state index contributed by atoms with van der Waals surface area (Å²) in [5.74, 6) is -0.192.